The quantitative estimate of drug-likeness (QED) is 0.426. The zero-order valence-corrected chi connectivity index (χ0v) is 25.4. The van der Waals surface area contributed by atoms with Gasteiger partial charge in [0.05, 0.1) is 32.9 Å². The van der Waals surface area contributed by atoms with E-state index in [1.54, 1.807) is 13.3 Å². The molecule has 3 aromatic rings. The van der Waals surface area contributed by atoms with Crippen LogP contribution in [0.25, 0.3) is 11.4 Å². The van der Waals surface area contributed by atoms with Crippen molar-refractivity contribution in [2.45, 2.75) is 39.3 Å². The van der Waals surface area contributed by atoms with Crippen LogP contribution in [0.15, 0.2) is 48.9 Å². The van der Waals surface area contributed by atoms with E-state index in [1.165, 1.54) is 30.3 Å². The highest BCUT2D eigenvalue weighted by molar-refractivity contribution is 5.97. The molecule has 1 aliphatic rings. The number of nitrogens with one attached hydrogen (secondary N) is 2. The Hall–Kier alpha value is -4.94. The normalized spacial score (nSPS) is 16.8. The Morgan fingerprint density at radius 2 is 1.89 bits per heavy atom. The molecular formula is C31H38N6O7. The first-order chi connectivity index (χ1) is 21.2. The first-order valence-electron chi connectivity index (χ1n) is 14.4. The third-order valence-corrected chi connectivity index (χ3v) is 7.13. The number of carbonyl (C=O) groups excluding carboxylic acids is 4. The Morgan fingerprint density at radius 1 is 1.07 bits per heavy atom. The first kappa shape index (κ1) is 32.0. The number of fused-ring (bicyclic) bond motifs is 4. The van der Waals surface area contributed by atoms with E-state index in [9.17, 15) is 19.2 Å². The smallest absolute Gasteiger partial charge is 0.339 e. The van der Waals surface area contributed by atoms with Crippen LogP contribution in [-0.4, -0.2) is 89.6 Å². The molecule has 2 N–H and O–H groups in total. The van der Waals surface area contributed by atoms with Crippen LogP contribution in [0.1, 0.15) is 47.5 Å². The number of pyridine rings is 1. The molecule has 3 amide bonds. The summed E-state index contributed by atoms with van der Waals surface area (Å²) in [5.41, 5.74) is 1.07. The lowest BCUT2D eigenvalue weighted by Gasteiger charge is -2.25. The minimum atomic E-state index is -0.792. The van der Waals surface area contributed by atoms with Crippen molar-refractivity contribution < 1.29 is 33.4 Å². The van der Waals surface area contributed by atoms with Crippen molar-refractivity contribution in [1.82, 2.24) is 30.1 Å². The van der Waals surface area contributed by atoms with Crippen LogP contribution in [0.2, 0.25) is 0 Å². The molecule has 0 aliphatic carbocycles. The molecule has 0 radical (unpaired) electrons. The highest BCUT2D eigenvalue weighted by Crippen LogP contribution is 2.32. The highest BCUT2D eigenvalue weighted by atomic mass is 16.5. The molecule has 0 fully saturated rings. The molecule has 2 aromatic heterocycles. The summed E-state index contributed by atoms with van der Waals surface area (Å²) in [6.45, 7) is 4.74. The van der Waals surface area contributed by atoms with Crippen LogP contribution in [-0.2, 0) is 20.9 Å². The van der Waals surface area contributed by atoms with Gasteiger partial charge in [0.15, 0.2) is 11.5 Å². The largest absolute Gasteiger partial charge is 0.493 e. The van der Waals surface area contributed by atoms with Gasteiger partial charge in [-0.25, -0.2) is 9.78 Å². The summed E-state index contributed by atoms with van der Waals surface area (Å²) in [6.07, 6.45) is 5.85. The van der Waals surface area contributed by atoms with Crippen LogP contribution >= 0.6 is 0 Å². The third-order valence-electron chi connectivity index (χ3n) is 7.13. The van der Waals surface area contributed by atoms with Gasteiger partial charge in [0.1, 0.15) is 17.6 Å². The Labute approximate surface area is 255 Å². The summed E-state index contributed by atoms with van der Waals surface area (Å²) in [7, 11) is 2.81. The zero-order chi connectivity index (χ0) is 31.6. The second-order valence-electron chi connectivity index (χ2n) is 10.6. The van der Waals surface area contributed by atoms with Crippen LogP contribution in [0.3, 0.4) is 0 Å². The maximum atomic E-state index is 13.5. The molecule has 4 rings (SSSR count). The molecule has 234 valence electrons. The summed E-state index contributed by atoms with van der Waals surface area (Å²) in [4.78, 5) is 61.5. The number of hydrogen-bond acceptors (Lipinski definition) is 9. The minimum Gasteiger partial charge on any atom is -0.493 e. The molecule has 0 unspecified atom stereocenters. The van der Waals surface area contributed by atoms with Crippen molar-refractivity contribution >= 4 is 23.7 Å². The van der Waals surface area contributed by atoms with Crippen molar-refractivity contribution in [3.8, 4) is 22.9 Å². The van der Waals surface area contributed by atoms with Gasteiger partial charge in [-0.05, 0) is 49.1 Å². The van der Waals surface area contributed by atoms with Gasteiger partial charge in [-0.1, -0.05) is 13.8 Å². The zero-order valence-electron chi connectivity index (χ0n) is 25.4. The van der Waals surface area contributed by atoms with Crippen molar-refractivity contribution in [3.63, 3.8) is 0 Å². The highest BCUT2D eigenvalue weighted by Gasteiger charge is 2.27. The van der Waals surface area contributed by atoms with Gasteiger partial charge in [0.25, 0.3) is 5.91 Å². The molecule has 0 spiro atoms. The number of carbonyl (C=O) groups is 4. The van der Waals surface area contributed by atoms with Crippen LogP contribution in [0.5, 0.6) is 11.5 Å². The molecule has 13 heteroatoms. The number of methoxy groups -OCH3 is 2. The van der Waals surface area contributed by atoms with Crippen LogP contribution in [0.4, 0.5) is 0 Å². The number of nitrogens with zero attached hydrogens (tertiary/aromatic N) is 4. The topological polar surface area (TPSA) is 154 Å². The second kappa shape index (κ2) is 15.0. The summed E-state index contributed by atoms with van der Waals surface area (Å²) in [5, 5.41) is 5.71. The van der Waals surface area contributed by atoms with Crippen molar-refractivity contribution in [1.29, 1.82) is 0 Å². The van der Waals surface area contributed by atoms with Gasteiger partial charge in [-0.2, -0.15) is 0 Å². The average molecular weight is 607 g/mol. The molecule has 44 heavy (non-hydrogen) atoms. The minimum absolute atomic E-state index is 0.0489. The van der Waals surface area contributed by atoms with E-state index in [-0.39, 0.29) is 42.8 Å². The fourth-order valence-electron chi connectivity index (χ4n) is 4.79. The third kappa shape index (κ3) is 7.91. The standard InChI is InChI=1S/C31H38N6O7/c1-20(2)27-29(39)33-11-5-13-36-15-12-32-28(36)21-8-10-24(42-3)25(17-21)44-16-6-14-37(19-26(38)35-27)30(40)23-9-7-22(18-34-23)31(41)43-4/h7-10,12,15,17-18,20,27H,5-6,11,13-14,16,19H2,1-4H3,(H,33,39)(H,35,38)/t27-/m1/s1. The van der Waals surface area contributed by atoms with E-state index in [2.05, 4.69) is 20.6 Å². The van der Waals surface area contributed by atoms with Crippen molar-refractivity contribution in [2.24, 2.45) is 5.92 Å². The summed E-state index contributed by atoms with van der Waals surface area (Å²) >= 11 is 0. The van der Waals surface area contributed by atoms with Crippen molar-refractivity contribution in [2.75, 3.05) is 40.5 Å². The van der Waals surface area contributed by atoms with E-state index in [1.807, 2.05) is 42.8 Å². The summed E-state index contributed by atoms with van der Waals surface area (Å²) < 4.78 is 18.3. The number of ether oxygens (including phenoxy) is 3. The molecule has 13 nitrogen and oxygen atoms in total. The molecule has 1 aromatic carbocycles. The van der Waals surface area contributed by atoms with Gasteiger partial charge in [0.2, 0.25) is 11.8 Å². The summed E-state index contributed by atoms with van der Waals surface area (Å²) in [6, 6.07) is 7.61. The molecule has 0 saturated carbocycles. The predicted molar refractivity (Wildman–Crippen MR) is 160 cm³/mol. The maximum Gasteiger partial charge on any atom is 0.339 e. The van der Waals surface area contributed by atoms with Gasteiger partial charge in [-0.3, -0.25) is 19.4 Å². The Morgan fingerprint density at radius 3 is 2.59 bits per heavy atom. The lowest BCUT2D eigenvalue weighted by atomic mass is 10.0. The molecule has 2 bridgehead atoms. The number of benzene rings is 1. The van der Waals surface area contributed by atoms with E-state index in [4.69, 9.17) is 14.2 Å². The molecular weight excluding hydrogens is 568 g/mol. The van der Waals surface area contributed by atoms with Gasteiger partial charge >= 0.3 is 5.97 Å². The number of rotatable bonds is 4. The Kier molecular flexibility index (Phi) is 10.9. The maximum absolute atomic E-state index is 13.5. The number of aromatic nitrogens is 3. The molecule has 1 atom stereocenters. The Bertz CT molecular complexity index is 1470. The second-order valence-corrected chi connectivity index (χ2v) is 10.6. The summed E-state index contributed by atoms with van der Waals surface area (Å²) in [5.74, 6) is -0.280. The van der Waals surface area contributed by atoms with Crippen LogP contribution < -0.4 is 20.1 Å². The SMILES string of the molecule is COC(=O)c1ccc(C(=O)N2CCCOc3cc(ccc3OC)-c3nccn3CCCNC(=O)[C@@H](C(C)C)NC(=O)C2)nc1. The van der Waals surface area contributed by atoms with E-state index >= 15 is 0 Å². The monoisotopic (exact) mass is 606 g/mol. The number of imidazole rings is 1. The number of hydrogen-bond donors (Lipinski definition) is 2. The lowest BCUT2D eigenvalue weighted by Crippen LogP contribution is -2.52. The fraction of sp³-hybridized carbons (Fsp3) is 0.419. The number of esters is 1. The lowest BCUT2D eigenvalue weighted by molar-refractivity contribution is -0.130. The van der Waals surface area contributed by atoms with Gasteiger partial charge in [0, 0.05) is 43.8 Å². The Balaban J connectivity index is 1.60. The van der Waals surface area contributed by atoms with Gasteiger partial charge < -0.3 is 34.3 Å². The predicted octanol–water partition coefficient (Wildman–Crippen LogP) is 2.31. The average Bonchev–Trinajstić information content (AvgIpc) is 3.50. The van der Waals surface area contributed by atoms with E-state index in [0.717, 1.165) is 11.4 Å². The van der Waals surface area contributed by atoms with E-state index in [0.29, 0.717) is 37.4 Å². The van der Waals surface area contributed by atoms with Crippen LogP contribution in [0, 0.1) is 5.92 Å². The fourth-order valence-corrected chi connectivity index (χ4v) is 4.79. The van der Waals surface area contributed by atoms with E-state index < -0.39 is 23.8 Å². The van der Waals surface area contributed by atoms with Gasteiger partial charge in [-0.15, -0.1) is 0 Å². The number of aryl methyl sites for hydroxylation is 1. The molecule has 3 heterocycles. The number of amides is 3. The molecule has 0 saturated heterocycles. The molecule has 1 aliphatic heterocycles. The first-order valence-corrected chi connectivity index (χ1v) is 14.4. The van der Waals surface area contributed by atoms with Crippen molar-refractivity contribution in [3.05, 3.63) is 60.2 Å².